The summed E-state index contributed by atoms with van der Waals surface area (Å²) in [4.78, 5) is 33.2. The van der Waals surface area contributed by atoms with E-state index in [1.54, 1.807) is 51.0 Å². The number of carbonyl (C=O) groups excluding carboxylic acids is 1. The molecule has 0 unspecified atom stereocenters. The monoisotopic (exact) mass is 712 g/mol. The minimum Gasteiger partial charge on any atom is -0.493 e. The Balaban J connectivity index is 1.83. The summed E-state index contributed by atoms with van der Waals surface area (Å²) < 4.78 is 30.4. The normalized spacial score (nSPS) is 14.6. The first-order valence-electron chi connectivity index (χ1n) is 13.3. The fourth-order valence-corrected chi connectivity index (χ4v) is 6.80. The van der Waals surface area contributed by atoms with Crippen LogP contribution in [0.5, 0.6) is 23.0 Å². The third-order valence-electron chi connectivity index (χ3n) is 6.85. The van der Waals surface area contributed by atoms with Crippen molar-refractivity contribution in [3.8, 4) is 23.0 Å². The van der Waals surface area contributed by atoms with E-state index in [4.69, 9.17) is 28.7 Å². The van der Waals surface area contributed by atoms with Crippen molar-refractivity contribution < 1.29 is 28.5 Å². The summed E-state index contributed by atoms with van der Waals surface area (Å²) in [5, 5.41) is 0. The maximum atomic E-state index is 14.2. The number of nitrogens with zero attached hydrogens (tertiary/aromatic N) is 2. The van der Waals surface area contributed by atoms with E-state index in [9.17, 15) is 9.59 Å². The third-order valence-corrected chi connectivity index (χ3v) is 8.63. The summed E-state index contributed by atoms with van der Waals surface area (Å²) in [6, 6.07) is 17.6. The Hall–Kier alpha value is -4.10. The van der Waals surface area contributed by atoms with Gasteiger partial charge in [-0.2, -0.15) is 0 Å². The zero-order chi connectivity index (χ0) is 30.7. The second kappa shape index (κ2) is 13.0. The molecule has 222 valence electrons. The summed E-state index contributed by atoms with van der Waals surface area (Å²) in [6.07, 6.45) is 1.79. The first kappa shape index (κ1) is 30.4. The Morgan fingerprint density at radius 3 is 2.33 bits per heavy atom. The highest BCUT2D eigenvalue weighted by atomic mass is 127. The van der Waals surface area contributed by atoms with E-state index >= 15 is 0 Å². The molecule has 1 aromatic heterocycles. The van der Waals surface area contributed by atoms with Crippen LogP contribution < -0.4 is 33.8 Å². The van der Waals surface area contributed by atoms with Gasteiger partial charge in [-0.15, -0.1) is 0 Å². The van der Waals surface area contributed by atoms with Crippen molar-refractivity contribution in [2.24, 2.45) is 4.99 Å². The topological polar surface area (TPSA) is 97.6 Å². The zero-order valence-corrected chi connectivity index (χ0v) is 27.1. The first-order chi connectivity index (χ1) is 20.8. The maximum Gasteiger partial charge on any atom is 0.338 e. The van der Waals surface area contributed by atoms with Crippen LogP contribution in [0.25, 0.3) is 11.8 Å². The van der Waals surface area contributed by atoms with Crippen LogP contribution in [0, 0.1) is 3.57 Å². The summed E-state index contributed by atoms with van der Waals surface area (Å²) in [7, 11) is 6.23. The Morgan fingerprint density at radius 1 is 0.953 bits per heavy atom. The number of aromatic nitrogens is 1. The highest BCUT2D eigenvalue weighted by Gasteiger charge is 2.35. The Kier molecular flexibility index (Phi) is 9.21. The van der Waals surface area contributed by atoms with E-state index in [0.29, 0.717) is 43.6 Å². The molecule has 0 aliphatic carbocycles. The average molecular weight is 713 g/mol. The molecule has 43 heavy (non-hydrogen) atoms. The maximum absolute atomic E-state index is 14.2. The number of thiazole rings is 1. The van der Waals surface area contributed by atoms with E-state index in [0.717, 1.165) is 14.7 Å². The van der Waals surface area contributed by atoms with E-state index in [-0.39, 0.29) is 17.7 Å². The van der Waals surface area contributed by atoms with Crippen LogP contribution >= 0.6 is 33.9 Å². The van der Waals surface area contributed by atoms with Crippen LogP contribution in [0.1, 0.15) is 29.7 Å². The van der Waals surface area contributed by atoms with Gasteiger partial charge in [-0.05, 0) is 71.0 Å². The molecule has 0 radical (unpaired) electrons. The predicted molar refractivity (Wildman–Crippen MR) is 173 cm³/mol. The Bertz CT molecular complexity index is 1900. The fraction of sp³-hybridized carbons (Fsp3) is 0.219. The summed E-state index contributed by atoms with van der Waals surface area (Å²) >= 11 is 3.41. The molecular formula is C32H29IN2O7S. The van der Waals surface area contributed by atoms with E-state index in [1.165, 1.54) is 18.4 Å². The van der Waals surface area contributed by atoms with Crippen LogP contribution in [-0.4, -0.2) is 45.6 Å². The highest BCUT2D eigenvalue weighted by Crippen LogP contribution is 2.38. The number of hydrogen-bond donors (Lipinski definition) is 0. The number of esters is 1. The molecule has 9 nitrogen and oxygen atoms in total. The second-order valence-corrected chi connectivity index (χ2v) is 11.5. The molecule has 2 heterocycles. The van der Waals surface area contributed by atoms with Gasteiger partial charge in [0.15, 0.2) is 27.8 Å². The number of ether oxygens (including phenoxy) is 5. The van der Waals surface area contributed by atoms with Crippen LogP contribution in [0.3, 0.4) is 0 Å². The van der Waals surface area contributed by atoms with Gasteiger partial charge in [0, 0.05) is 5.56 Å². The zero-order valence-electron chi connectivity index (χ0n) is 24.2. The van der Waals surface area contributed by atoms with Gasteiger partial charge in [0.05, 0.1) is 60.5 Å². The molecule has 0 spiro atoms. The van der Waals surface area contributed by atoms with Crippen molar-refractivity contribution >= 4 is 51.7 Å². The molecule has 1 atom stereocenters. The van der Waals surface area contributed by atoms with Crippen molar-refractivity contribution in [1.82, 2.24) is 4.57 Å². The number of benzene rings is 3. The second-order valence-electron chi connectivity index (χ2n) is 9.28. The van der Waals surface area contributed by atoms with Gasteiger partial charge in [-0.1, -0.05) is 47.7 Å². The fourth-order valence-electron chi connectivity index (χ4n) is 4.95. The molecule has 0 N–H and O–H groups in total. The highest BCUT2D eigenvalue weighted by molar-refractivity contribution is 14.1. The Labute approximate surface area is 265 Å². The molecule has 5 rings (SSSR count). The number of hydrogen-bond acceptors (Lipinski definition) is 9. The lowest BCUT2D eigenvalue weighted by atomic mass is 9.93. The molecule has 0 fully saturated rings. The predicted octanol–water partition coefficient (Wildman–Crippen LogP) is 4.57. The van der Waals surface area contributed by atoms with E-state index in [1.807, 2.05) is 48.5 Å². The summed E-state index contributed by atoms with van der Waals surface area (Å²) in [6.45, 7) is 1.90. The lowest BCUT2D eigenvalue weighted by molar-refractivity contribution is -0.138. The molecule has 3 aromatic carbocycles. The van der Waals surface area contributed by atoms with Crippen molar-refractivity contribution in [2.75, 3.05) is 35.0 Å². The summed E-state index contributed by atoms with van der Waals surface area (Å²) in [5.74, 6) is 1.58. The molecule has 0 bridgehead atoms. The lowest BCUT2D eigenvalue weighted by Crippen LogP contribution is -2.40. The number of methoxy groups -OCH3 is 4. The van der Waals surface area contributed by atoms with Crippen LogP contribution in [0.15, 0.2) is 76.0 Å². The number of halogens is 1. The molecule has 0 amide bonds. The van der Waals surface area contributed by atoms with E-state index < -0.39 is 12.0 Å². The number of carbonyl (C=O) groups is 1. The molecular weight excluding hydrogens is 683 g/mol. The third kappa shape index (κ3) is 5.78. The average Bonchev–Trinajstić information content (AvgIpc) is 3.33. The lowest BCUT2D eigenvalue weighted by Gasteiger charge is -2.26. The van der Waals surface area contributed by atoms with Gasteiger partial charge < -0.3 is 23.7 Å². The van der Waals surface area contributed by atoms with Gasteiger partial charge in [0.25, 0.3) is 5.56 Å². The van der Waals surface area contributed by atoms with E-state index in [2.05, 4.69) is 22.6 Å². The van der Waals surface area contributed by atoms with Crippen molar-refractivity contribution in [3.63, 3.8) is 0 Å². The van der Waals surface area contributed by atoms with Crippen molar-refractivity contribution in [2.45, 2.75) is 13.0 Å². The molecule has 1 aliphatic rings. The molecule has 0 saturated carbocycles. The molecule has 1 aliphatic heterocycles. The van der Waals surface area contributed by atoms with Gasteiger partial charge in [-0.3, -0.25) is 9.36 Å². The quantitative estimate of drug-likeness (QED) is 0.185. The number of rotatable bonds is 9. The molecule has 11 heteroatoms. The van der Waals surface area contributed by atoms with Crippen molar-refractivity contribution in [1.29, 1.82) is 0 Å². The minimum absolute atomic E-state index is 0.158. The standard InChI is InChI=1S/C32H29IN2O7S/c1-6-42-31(37)26-27(19-10-8-7-9-11-19)34-32-35(28(26)20-12-13-22(38-2)23(17-20)39-3)30(36)25(43-32)16-18-14-21(33)29(41-5)24(15-18)40-4/h7-17,28H,6H2,1-5H3/b25-16-/t28-/m0/s1. The summed E-state index contributed by atoms with van der Waals surface area (Å²) in [5.41, 5.74) is 2.50. The van der Waals surface area contributed by atoms with Gasteiger partial charge >= 0.3 is 5.97 Å². The minimum atomic E-state index is -0.849. The number of fused-ring (bicyclic) bond motifs is 1. The SMILES string of the molecule is CCOC(=O)C1=C(c2ccccc2)N=c2s/c(=C\c3cc(I)c(OC)c(OC)c3)c(=O)n2[C@H]1c1ccc(OC)c(OC)c1. The smallest absolute Gasteiger partial charge is 0.338 e. The molecule has 0 saturated heterocycles. The Morgan fingerprint density at radius 2 is 1.67 bits per heavy atom. The van der Waals surface area contributed by atoms with Crippen LogP contribution in [0.2, 0.25) is 0 Å². The first-order valence-corrected chi connectivity index (χ1v) is 15.2. The van der Waals surface area contributed by atoms with Crippen LogP contribution in [-0.2, 0) is 9.53 Å². The largest absolute Gasteiger partial charge is 0.493 e. The van der Waals surface area contributed by atoms with Gasteiger partial charge in [0.1, 0.15) is 0 Å². The van der Waals surface area contributed by atoms with Gasteiger partial charge in [0.2, 0.25) is 0 Å². The van der Waals surface area contributed by atoms with Crippen LogP contribution in [0.4, 0.5) is 0 Å². The van der Waals surface area contributed by atoms with Gasteiger partial charge in [-0.25, -0.2) is 9.79 Å². The molecule has 4 aromatic rings. The van der Waals surface area contributed by atoms with Crippen molar-refractivity contribution in [3.05, 3.63) is 106 Å².